The molecule has 0 saturated heterocycles. The lowest BCUT2D eigenvalue weighted by Crippen LogP contribution is -2.44. The topological polar surface area (TPSA) is 53.0 Å². The van der Waals surface area contributed by atoms with Gasteiger partial charge in [-0.3, -0.25) is 9.69 Å². The lowest BCUT2D eigenvalue weighted by Gasteiger charge is -2.31. The van der Waals surface area contributed by atoms with Gasteiger partial charge < -0.3 is 4.90 Å². The molecule has 0 spiro atoms. The van der Waals surface area contributed by atoms with E-state index in [2.05, 4.69) is 4.99 Å². The number of urea groups is 1. The zero-order chi connectivity index (χ0) is 21.0. The van der Waals surface area contributed by atoms with Crippen molar-refractivity contribution in [3.05, 3.63) is 65.5 Å². The second-order valence-electron chi connectivity index (χ2n) is 7.59. The van der Waals surface area contributed by atoms with Gasteiger partial charge in [-0.15, -0.1) is 0 Å². The summed E-state index contributed by atoms with van der Waals surface area (Å²) in [6.45, 7) is 7.42. The highest BCUT2D eigenvalue weighted by Gasteiger charge is 2.29. The number of hydrogen-bond donors (Lipinski definition) is 0. The Hall–Kier alpha value is -3.02. The minimum atomic E-state index is -0.415. The van der Waals surface area contributed by atoms with Gasteiger partial charge in [0.05, 0.1) is 12.3 Å². The lowest BCUT2D eigenvalue weighted by atomic mass is 9.96. The van der Waals surface area contributed by atoms with Crippen molar-refractivity contribution in [2.75, 3.05) is 24.5 Å². The van der Waals surface area contributed by atoms with Crippen molar-refractivity contribution in [1.82, 2.24) is 4.90 Å². The summed E-state index contributed by atoms with van der Waals surface area (Å²) < 4.78 is 13.3. The number of halogens is 1. The fourth-order valence-corrected chi connectivity index (χ4v) is 3.47. The maximum absolute atomic E-state index is 13.3. The van der Waals surface area contributed by atoms with Crippen LogP contribution in [0.25, 0.3) is 0 Å². The van der Waals surface area contributed by atoms with Crippen LogP contribution in [-0.4, -0.2) is 42.2 Å². The van der Waals surface area contributed by atoms with Gasteiger partial charge in [-0.25, -0.2) is 9.18 Å². The van der Waals surface area contributed by atoms with E-state index in [0.29, 0.717) is 48.1 Å². The Bertz CT molecular complexity index is 922. The molecule has 1 aliphatic rings. The molecule has 29 heavy (non-hydrogen) atoms. The van der Waals surface area contributed by atoms with Crippen LogP contribution in [-0.2, 0) is 0 Å². The van der Waals surface area contributed by atoms with Crippen molar-refractivity contribution in [2.24, 2.45) is 10.9 Å². The number of fused-ring (bicyclic) bond motifs is 1. The second kappa shape index (κ2) is 8.99. The van der Waals surface area contributed by atoms with Crippen molar-refractivity contribution >= 4 is 23.3 Å². The molecule has 3 rings (SSSR count). The number of hydrogen-bond acceptors (Lipinski definition) is 2. The smallest absolute Gasteiger partial charge is 0.332 e. The Morgan fingerprint density at radius 1 is 1.14 bits per heavy atom. The molecule has 0 aliphatic carbocycles. The van der Waals surface area contributed by atoms with Crippen LogP contribution in [0.1, 0.15) is 43.1 Å². The number of anilines is 1. The summed E-state index contributed by atoms with van der Waals surface area (Å²) in [5.41, 5.74) is 2.44. The number of aliphatic imine (C=N–C) groups is 1. The first-order chi connectivity index (χ1) is 13.9. The van der Waals surface area contributed by atoms with Crippen LogP contribution in [0.3, 0.4) is 0 Å². The first-order valence-corrected chi connectivity index (χ1v) is 9.94. The zero-order valence-electron chi connectivity index (χ0n) is 17.1. The fourth-order valence-electron chi connectivity index (χ4n) is 3.47. The molecule has 0 bridgehead atoms. The minimum absolute atomic E-state index is 0.0374. The van der Waals surface area contributed by atoms with Crippen LogP contribution >= 0.6 is 0 Å². The standard InChI is InChI=1S/C23H26FN3O2/c1-4-13-27(18-11-9-17(24)10-12-18)23(29)25-21-15-26(14-16(2)3)22(28)20-8-6-5-7-19(20)21/h5-12,16H,4,13-15H2,1-3H3. The Morgan fingerprint density at radius 2 is 1.79 bits per heavy atom. The molecular formula is C23H26FN3O2. The highest BCUT2D eigenvalue weighted by molar-refractivity contribution is 6.19. The largest absolute Gasteiger partial charge is 0.348 e. The van der Waals surface area contributed by atoms with Crippen LogP contribution in [0, 0.1) is 11.7 Å². The van der Waals surface area contributed by atoms with Gasteiger partial charge in [-0.1, -0.05) is 39.0 Å². The van der Waals surface area contributed by atoms with E-state index in [1.807, 2.05) is 39.0 Å². The normalized spacial score (nSPS) is 15.0. The third-order valence-corrected chi connectivity index (χ3v) is 4.73. The number of carbonyl (C=O) groups excluding carboxylic acids is 2. The van der Waals surface area contributed by atoms with E-state index in [1.165, 1.54) is 17.0 Å². The Labute approximate surface area is 170 Å². The minimum Gasteiger partial charge on any atom is -0.332 e. The summed E-state index contributed by atoms with van der Waals surface area (Å²) in [5.74, 6) is -0.0883. The van der Waals surface area contributed by atoms with Crippen molar-refractivity contribution in [3.8, 4) is 0 Å². The van der Waals surface area contributed by atoms with Gasteiger partial charge in [0.1, 0.15) is 5.82 Å². The Kier molecular flexibility index (Phi) is 6.42. The average molecular weight is 395 g/mol. The molecule has 3 amide bonds. The Morgan fingerprint density at radius 3 is 2.41 bits per heavy atom. The quantitative estimate of drug-likeness (QED) is 0.733. The predicted octanol–water partition coefficient (Wildman–Crippen LogP) is 4.76. The molecule has 0 atom stereocenters. The molecule has 1 heterocycles. The molecule has 0 N–H and O–H groups in total. The van der Waals surface area contributed by atoms with E-state index < -0.39 is 6.03 Å². The molecule has 0 saturated carbocycles. The molecule has 6 heteroatoms. The number of rotatable bonds is 5. The molecule has 0 fully saturated rings. The summed E-state index contributed by atoms with van der Waals surface area (Å²) in [7, 11) is 0. The molecule has 0 unspecified atom stereocenters. The van der Waals surface area contributed by atoms with Crippen LogP contribution in [0.2, 0.25) is 0 Å². The molecule has 0 aromatic heterocycles. The zero-order valence-corrected chi connectivity index (χ0v) is 17.1. The van der Waals surface area contributed by atoms with Gasteiger partial charge in [0.15, 0.2) is 0 Å². The van der Waals surface area contributed by atoms with Crippen molar-refractivity contribution in [3.63, 3.8) is 0 Å². The van der Waals surface area contributed by atoms with Crippen LogP contribution in [0.15, 0.2) is 53.5 Å². The van der Waals surface area contributed by atoms with E-state index in [-0.39, 0.29) is 11.7 Å². The summed E-state index contributed by atoms with van der Waals surface area (Å²) >= 11 is 0. The number of benzene rings is 2. The van der Waals surface area contributed by atoms with Gasteiger partial charge >= 0.3 is 6.03 Å². The van der Waals surface area contributed by atoms with E-state index in [0.717, 1.165) is 6.42 Å². The predicted molar refractivity (Wildman–Crippen MR) is 113 cm³/mol. The first kappa shape index (κ1) is 20.7. The third kappa shape index (κ3) is 4.70. The summed E-state index contributed by atoms with van der Waals surface area (Å²) in [6, 6.07) is 12.7. The van der Waals surface area contributed by atoms with E-state index in [4.69, 9.17) is 0 Å². The van der Waals surface area contributed by atoms with E-state index in [1.54, 1.807) is 23.1 Å². The van der Waals surface area contributed by atoms with Crippen LogP contribution < -0.4 is 4.90 Å². The lowest BCUT2D eigenvalue weighted by molar-refractivity contribution is 0.0755. The fraction of sp³-hybridized carbons (Fsp3) is 0.348. The average Bonchev–Trinajstić information content (AvgIpc) is 2.70. The maximum Gasteiger partial charge on any atom is 0.348 e. The first-order valence-electron chi connectivity index (χ1n) is 9.94. The van der Waals surface area contributed by atoms with Crippen molar-refractivity contribution in [2.45, 2.75) is 27.2 Å². The van der Waals surface area contributed by atoms with Crippen LogP contribution in [0.4, 0.5) is 14.9 Å². The summed E-state index contributed by atoms with van der Waals surface area (Å²) in [6.07, 6.45) is 0.739. The van der Waals surface area contributed by atoms with Gasteiger partial charge in [0, 0.05) is 29.9 Å². The molecule has 2 aromatic carbocycles. The molecular weight excluding hydrogens is 369 g/mol. The van der Waals surface area contributed by atoms with Crippen molar-refractivity contribution in [1.29, 1.82) is 0 Å². The van der Waals surface area contributed by atoms with Gasteiger partial charge in [-0.05, 0) is 42.7 Å². The Balaban J connectivity index is 1.97. The van der Waals surface area contributed by atoms with Gasteiger partial charge in [-0.2, -0.15) is 4.99 Å². The van der Waals surface area contributed by atoms with Gasteiger partial charge in [0.2, 0.25) is 0 Å². The van der Waals surface area contributed by atoms with Crippen molar-refractivity contribution < 1.29 is 14.0 Å². The maximum atomic E-state index is 13.3. The summed E-state index contributed by atoms with van der Waals surface area (Å²) in [4.78, 5) is 33.5. The van der Waals surface area contributed by atoms with E-state index >= 15 is 0 Å². The van der Waals surface area contributed by atoms with Gasteiger partial charge in [0.25, 0.3) is 5.91 Å². The molecule has 2 aromatic rings. The SMILES string of the molecule is CCCN(C(=O)N=C1CN(CC(C)C)C(=O)c2ccccc21)c1ccc(F)cc1. The molecule has 5 nitrogen and oxygen atoms in total. The van der Waals surface area contributed by atoms with E-state index in [9.17, 15) is 14.0 Å². The molecule has 0 radical (unpaired) electrons. The van der Waals surface area contributed by atoms with Crippen LogP contribution in [0.5, 0.6) is 0 Å². The number of carbonyl (C=O) groups is 2. The highest BCUT2D eigenvalue weighted by Crippen LogP contribution is 2.22. The summed E-state index contributed by atoms with van der Waals surface area (Å²) in [5, 5.41) is 0. The third-order valence-electron chi connectivity index (χ3n) is 4.73. The highest BCUT2D eigenvalue weighted by atomic mass is 19.1. The monoisotopic (exact) mass is 395 g/mol. The number of nitrogens with zero attached hydrogens (tertiary/aromatic N) is 3. The second-order valence-corrected chi connectivity index (χ2v) is 7.59. The molecule has 1 aliphatic heterocycles. The number of amides is 3. The molecule has 152 valence electrons.